The second-order valence-electron chi connectivity index (χ2n) is 6.27. The van der Waals surface area contributed by atoms with Gasteiger partial charge in [0, 0.05) is 18.3 Å². The maximum absolute atomic E-state index is 9.43. The van der Waals surface area contributed by atoms with E-state index in [4.69, 9.17) is 4.98 Å². The lowest BCUT2D eigenvalue weighted by molar-refractivity contribution is 0.548. The highest BCUT2D eigenvalue weighted by atomic mass is 15.2. The van der Waals surface area contributed by atoms with Crippen molar-refractivity contribution in [1.29, 1.82) is 5.26 Å². The molecular weight excluding hydrogens is 234 g/mol. The lowest BCUT2D eigenvalue weighted by Gasteiger charge is -2.30. The summed E-state index contributed by atoms with van der Waals surface area (Å²) in [6, 6.07) is 5.14. The number of anilines is 1. The number of nitriles is 1. The predicted octanol–water partition coefficient (Wildman–Crippen LogP) is 2.82. The number of pyridine rings is 1. The van der Waals surface area contributed by atoms with E-state index in [0.29, 0.717) is 6.04 Å². The molecule has 2 atom stereocenters. The van der Waals surface area contributed by atoms with E-state index in [1.165, 1.54) is 43.4 Å². The Labute approximate surface area is 114 Å². The smallest absolute Gasteiger partial charge is 0.147 e. The second kappa shape index (κ2) is 4.23. The van der Waals surface area contributed by atoms with Crippen LogP contribution < -0.4 is 4.90 Å². The topological polar surface area (TPSA) is 39.9 Å². The Morgan fingerprint density at radius 2 is 2.16 bits per heavy atom. The lowest BCUT2D eigenvalue weighted by atomic mass is 9.94. The van der Waals surface area contributed by atoms with E-state index < -0.39 is 0 Å². The van der Waals surface area contributed by atoms with Crippen molar-refractivity contribution in [3.8, 4) is 6.07 Å². The molecule has 0 spiro atoms. The minimum Gasteiger partial charge on any atom is -0.352 e. The maximum Gasteiger partial charge on any atom is 0.147 e. The Hall–Kier alpha value is -1.56. The zero-order chi connectivity index (χ0) is 12.8. The Balaban J connectivity index is 1.76. The van der Waals surface area contributed by atoms with Crippen molar-refractivity contribution in [3.05, 3.63) is 22.9 Å². The molecule has 1 aromatic rings. The summed E-state index contributed by atoms with van der Waals surface area (Å²) in [7, 11) is 0. The molecule has 0 aromatic carbocycles. The van der Waals surface area contributed by atoms with Gasteiger partial charge >= 0.3 is 0 Å². The molecule has 0 radical (unpaired) electrons. The van der Waals surface area contributed by atoms with Crippen LogP contribution in [0.15, 0.2) is 6.07 Å². The van der Waals surface area contributed by atoms with Crippen LogP contribution in [0.4, 0.5) is 5.82 Å². The van der Waals surface area contributed by atoms with Gasteiger partial charge in [-0.25, -0.2) is 4.98 Å². The van der Waals surface area contributed by atoms with E-state index >= 15 is 0 Å². The summed E-state index contributed by atoms with van der Waals surface area (Å²) in [6.45, 7) is 1.12. The molecule has 2 fully saturated rings. The van der Waals surface area contributed by atoms with Crippen LogP contribution in [-0.4, -0.2) is 17.6 Å². The first-order chi connectivity index (χ1) is 9.35. The number of hydrogen-bond acceptors (Lipinski definition) is 3. The molecule has 0 amide bonds. The Morgan fingerprint density at radius 1 is 1.26 bits per heavy atom. The van der Waals surface area contributed by atoms with Gasteiger partial charge in [0.15, 0.2) is 0 Å². The van der Waals surface area contributed by atoms with Crippen molar-refractivity contribution in [2.24, 2.45) is 5.92 Å². The molecule has 0 N–H and O–H groups in total. The van der Waals surface area contributed by atoms with Crippen LogP contribution in [0, 0.1) is 17.2 Å². The first kappa shape index (κ1) is 11.3. The van der Waals surface area contributed by atoms with Crippen molar-refractivity contribution in [3.63, 3.8) is 0 Å². The van der Waals surface area contributed by atoms with Gasteiger partial charge in [-0.05, 0) is 62.5 Å². The van der Waals surface area contributed by atoms with E-state index in [9.17, 15) is 5.26 Å². The first-order valence-electron chi connectivity index (χ1n) is 7.54. The molecule has 2 aliphatic carbocycles. The molecule has 3 aliphatic rings. The number of nitrogens with zero attached hydrogens (tertiary/aromatic N) is 3. The van der Waals surface area contributed by atoms with Crippen molar-refractivity contribution in [1.82, 2.24) is 4.98 Å². The Morgan fingerprint density at radius 3 is 2.89 bits per heavy atom. The summed E-state index contributed by atoms with van der Waals surface area (Å²) in [4.78, 5) is 7.31. The third kappa shape index (κ3) is 1.74. The summed E-state index contributed by atoms with van der Waals surface area (Å²) in [5.41, 5.74) is 3.37. The molecule has 4 rings (SSSR count). The summed E-state index contributed by atoms with van der Waals surface area (Å²) in [5, 5.41) is 9.43. The number of piperidine rings is 1. The van der Waals surface area contributed by atoms with Gasteiger partial charge < -0.3 is 4.90 Å². The average Bonchev–Trinajstić information content (AvgIpc) is 3.08. The van der Waals surface area contributed by atoms with E-state index in [2.05, 4.69) is 17.0 Å². The van der Waals surface area contributed by atoms with Crippen molar-refractivity contribution >= 4 is 5.82 Å². The standard InChI is InChI=1S/C16H19N3/c17-9-13-8-12-3-1-2-4-15(12)18-16(13)19-10-11-5-6-14(19)7-11/h8,11,14H,1-7,10H2. The fourth-order valence-electron chi connectivity index (χ4n) is 4.11. The van der Waals surface area contributed by atoms with Crippen molar-refractivity contribution in [2.75, 3.05) is 11.4 Å². The largest absolute Gasteiger partial charge is 0.352 e. The first-order valence-corrected chi connectivity index (χ1v) is 7.54. The highest BCUT2D eigenvalue weighted by Gasteiger charge is 2.39. The highest BCUT2D eigenvalue weighted by molar-refractivity contribution is 5.58. The van der Waals surface area contributed by atoms with E-state index in [1.807, 2.05) is 0 Å². The molecule has 2 heterocycles. The van der Waals surface area contributed by atoms with E-state index in [-0.39, 0.29) is 0 Å². The molecule has 3 heteroatoms. The monoisotopic (exact) mass is 253 g/mol. The summed E-state index contributed by atoms with van der Waals surface area (Å²) >= 11 is 0. The Kier molecular flexibility index (Phi) is 2.51. The minimum absolute atomic E-state index is 0.645. The van der Waals surface area contributed by atoms with Crippen molar-refractivity contribution < 1.29 is 0 Å². The summed E-state index contributed by atoms with van der Waals surface area (Å²) < 4.78 is 0. The fourth-order valence-corrected chi connectivity index (χ4v) is 4.11. The number of rotatable bonds is 1. The molecule has 2 unspecified atom stereocenters. The maximum atomic E-state index is 9.43. The van der Waals surface area contributed by atoms with Gasteiger partial charge in [0.05, 0.1) is 5.56 Å². The zero-order valence-electron chi connectivity index (χ0n) is 11.2. The fraction of sp³-hybridized carbons (Fsp3) is 0.625. The van der Waals surface area contributed by atoms with Gasteiger partial charge in [0.1, 0.15) is 11.9 Å². The predicted molar refractivity (Wildman–Crippen MR) is 74.1 cm³/mol. The van der Waals surface area contributed by atoms with Crippen LogP contribution in [0.2, 0.25) is 0 Å². The molecule has 1 saturated carbocycles. The number of hydrogen-bond donors (Lipinski definition) is 0. The minimum atomic E-state index is 0.645. The van der Waals surface area contributed by atoms with Crippen molar-refractivity contribution in [2.45, 2.75) is 51.0 Å². The van der Waals surface area contributed by atoms with Gasteiger partial charge in [-0.1, -0.05) is 0 Å². The van der Waals surface area contributed by atoms with Gasteiger partial charge in [0.2, 0.25) is 0 Å². The van der Waals surface area contributed by atoms with Gasteiger partial charge in [0.25, 0.3) is 0 Å². The van der Waals surface area contributed by atoms with Crippen LogP contribution in [0.25, 0.3) is 0 Å². The molecule has 2 bridgehead atoms. The molecule has 19 heavy (non-hydrogen) atoms. The molecular formula is C16H19N3. The lowest BCUT2D eigenvalue weighted by Crippen LogP contribution is -2.33. The average molecular weight is 253 g/mol. The third-order valence-electron chi connectivity index (χ3n) is 5.08. The summed E-state index contributed by atoms with van der Waals surface area (Å²) in [5.74, 6) is 1.82. The number of fused-ring (bicyclic) bond motifs is 3. The number of aromatic nitrogens is 1. The van der Waals surface area contributed by atoms with Crippen LogP contribution in [0.1, 0.15) is 48.9 Å². The van der Waals surface area contributed by atoms with Crippen LogP contribution in [0.5, 0.6) is 0 Å². The van der Waals surface area contributed by atoms with E-state index in [1.54, 1.807) is 0 Å². The normalized spacial score (nSPS) is 28.3. The van der Waals surface area contributed by atoms with Crippen LogP contribution in [-0.2, 0) is 12.8 Å². The molecule has 1 aliphatic heterocycles. The van der Waals surface area contributed by atoms with Gasteiger partial charge in [-0.15, -0.1) is 0 Å². The van der Waals surface area contributed by atoms with Gasteiger partial charge in [-0.2, -0.15) is 5.26 Å². The second-order valence-corrected chi connectivity index (χ2v) is 6.27. The quantitative estimate of drug-likeness (QED) is 0.772. The van der Waals surface area contributed by atoms with Gasteiger partial charge in [-0.3, -0.25) is 0 Å². The van der Waals surface area contributed by atoms with E-state index in [0.717, 1.165) is 36.7 Å². The van der Waals surface area contributed by atoms with Crippen LogP contribution in [0.3, 0.4) is 0 Å². The molecule has 3 nitrogen and oxygen atoms in total. The number of aryl methyl sites for hydroxylation is 2. The third-order valence-corrected chi connectivity index (χ3v) is 5.08. The summed E-state index contributed by atoms with van der Waals surface area (Å²) in [6.07, 6.45) is 8.65. The molecule has 1 aromatic heterocycles. The van der Waals surface area contributed by atoms with Crippen LogP contribution >= 0.6 is 0 Å². The Bertz CT molecular complexity index is 558. The highest BCUT2D eigenvalue weighted by Crippen LogP contribution is 2.41. The SMILES string of the molecule is N#Cc1cc2c(nc1N1CC3CCC1C3)CCCC2. The molecule has 1 saturated heterocycles. The molecule has 98 valence electrons. The zero-order valence-corrected chi connectivity index (χ0v) is 11.2.